The lowest BCUT2D eigenvalue weighted by Gasteiger charge is -2.09. The average Bonchev–Trinajstić information content (AvgIpc) is 2.71. The van der Waals surface area contributed by atoms with E-state index in [0.717, 1.165) is 28.7 Å². The third-order valence-corrected chi connectivity index (χ3v) is 3.98. The highest BCUT2D eigenvalue weighted by atomic mass is 19.1. The van der Waals surface area contributed by atoms with Crippen molar-refractivity contribution in [3.8, 4) is 0 Å². The topological polar surface area (TPSA) is 79.8 Å². The first-order valence-corrected chi connectivity index (χ1v) is 8.30. The molecule has 0 fully saturated rings. The van der Waals surface area contributed by atoms with Crippen LogP contribution in [0.4, 0.5) is 26.0 Å². The van der Waals surface area contributed by atoms with Gasteiger partial charge in [-0.05, 0) is 24.3 Å². The van der Waals surface area contributed by atoms with Crippen LogP contribution in [-0.4, -0.2) is 20.9 Å². The average molecular weight is 377 g/mol. The Morgan fingerprint density at radius 1 is 0.857 bits per heavy atom. The maximum Gasteiger partial charge on any atom is 0.276 e. The molecular formula is C20H13F2N5O. The maximum absolute atomic E-state index is 13.7. The first kappa shape index (κ1) is 17.5. The number of pyridine rings is 1. The Hall–Kier alpha value is -3.94. The zero-order valence-electron chi connectivity index (χ0n) is 14.4. The highest BCUT2D eigenvalue weighted by molar-refractivity contribution is 6.02. The van der Waals surface area contributed by atoms with Gasteiger partial charge >= 0.3 is 0 Å². The lowest BCUT2D eigenvalue weighted by Crippen LogP contribution is -2.16. The summed E-state index contributed by atoms with van der Waals surface area (Å²) in [5, 5.41) is 6.22. The van der Waals surface area contributed by atoms with Gasteiger partial charge in [0.2, 0.25) is 0 Å². The van der Waals surface area contributed by atoms with Crippen molar-refractivity contribution in [2.75, 3.05) is 10.6 Å². The fraction of sp³-hybridized carbons (Fsp3) is 0. The number of halogens is 2. The van der Waals surface area contributed by atoms with Gasteiger partial charge in [0.05, 0.1) is 23.6 Å². The molecule has 4 aromatic rings. The van der Waals surface area contributed by atoms with Crippen molar-refractivity contribution in [1.82, 2.24) is 15.0 Å². The molecule has 6 nitrogen and oxygen atoms in total. The normalized spacial score (nSPS) is 10.6. The first-order valence-electron chi connectivity index (χ1n) is 8.30. The standard InChI is InChI=1S/C20H13F2N5O/c21-13-6-2-7-14(22)19(13)27-20(28)16-10-25-17(11-24-16)26-15-8-1-4-12-5-3-9-23-18(12)15/h1-11H,(H,25,26)(H,27,28). The van der Waals surface area contributed by atoms with Crippen LogP contribution in [0.15, 0.2) is 67.1 Å². The minimum Gasteiger partial charge on any atom is -0.337 e. The van der Waals surface area contributed by atoms with E-state index < -0.39 is 23.2 Å². The first-order chi connectivity index (χ1) is 13.6. The lowest BCUT2D eigenvalue weighted by atomic mass is 10.2. The molecule has 0 aliphatic heterocycles. The summed E-state index contributed by atoms with van der Waals surface area (Å²) in [4.78, 5) is 24.7. The van der Waals surface area contributed by atoms with Crippen LogP contribution in [0.5, 0.6) is 0 Å². The summed E-state index contributed by atoms with van der Waals surface area (Å²) >= 11 is 0. The number of hydrogen-bond acceptors (Lipinski definition) is 5. The fourth-order valence-corrected chi connectivity index (χ4v) is 2.65. The van der Waals surface area contributed by atoms with Crippen molar-refractivity contribution < 1.29 is 13.6 Å². The molecule has 28 heavy (non-hydrogen) atoms. The van der Waals surface area contributed by atoms with Gasteiger partial charge in [0.1, 0.15) is 28.8 Å². The van der Waals surface area contributed by atoms with Crippen LogP contribution < -0.4 is 10.6 Å². The summed E-state index contributed by atoms with van der Waals surface area (Å²) < 4.78 is 27.3. The molecule has 0 atom stereocenters. The molecule has 2 N–H and O–H groups in total. The molecule has 2 heterocycles. The predicted octanol–water partition coefficient (Wildman–Crippen LogP) is 4.30. The molecule has 0 aliphatic rings. The highest BCUT2D eigenvalue weighted by Gasteiger charge is 2.15. The number of hydrogen-bond donors (Lipinski definition) is 2. The minimum atomic E-state index is -0.872. The number of nitrogens with one attached hydrogen (secondary N) is 2. The summed E-state index contributed by atoms with van der Waals surface area (Å²) in [6, 6.07) is 12.8. The number of rotatable bonds is 4. The second-order valence-electron chi connectivity index (χ2n) is 5.84. The summed E-state index contributed by atoms with van der Waals surface area (Å²) in [5.74, 6) is -2.12. The molecule has 138 valence electrons. The van der Waals surface area contributed by atoms with Gasteiger partial charge in [-0.25, -0.2) is 18.7 Å². The van der Waals surface area contributed by atoms with Crippen molar-refractivity contribution >= 4 is 34.0 Å². The zero-order valence-corrected chi connectivity index (χ0v) is 14.4. The minimum absolute atomic E-state index is 0.0794. The predicted molar refractivity (Wildman–Crippen MR) is 101 cm³/mol. The van der Waals surface area contributed by atoms with E-state index in [2.05, 4.69) is 25.6 Å². The van der Waals surface area contributed by atoms with E-state index >= 15 is 0 Å². The monoisotopic (exact) mass is 377 g/mol. The van der Waals surface area contributed by atoms with E-state index in [1.807, 2.05) is 30.3 Å². The summed E-state index contributed by atoms with van der Waals surface area (Å²) in [6.07, 6.45) is 4.26. The molecule has 1 amide bonds. The summed E-state index contributed by atoms with van der Waals surface area (Å²) in [7, 11) is 0. The molecule has 0 radical (unpaired) electrons. The lowest BCUT2D eigenvalue weighted by molar-refractivity contribution is 0.102. The SMILES string of the molecule is O=C(Nc1c(F)cccc1F)c1cnc(Nc2cccc3cccnc23)cn1. The van der Waals surface area contributed by atoms with Gasteiger partial charge in [-0.1, -0.05) is 24.3 Å². The zero-order chi connectivity index (χ0) is 19.5. The maximum atomic E-state index is 13.7. The van der Waals surface area contributed by atoms with Gasteiger partial charge in [-0.2, -0.15) is 0 Å². The molecule has 0 unspecified atom stereocenters. The highest BCUT2D eigenvalue weighted by Crippen LogP contribution is 2.23. The van der Waals surface area contributed by atoms with Gasteiger partial charge in [0.15, 0.2) is 0 Å². The van der Waals surface area contributed by atoms with Crippen molar-refractivity contribution in [3.63, 3.8) is 0 Å². The molecule has 8 heteroatoms. The fourth-order valence-electron chi connectivity index (χ4n) is 2.65. The smallest absolute Gasteiger partial charge is 0.276 e. The van der Waals surface area contributed by atoms with Crippen LogP contribution in [0.1, 0.15) is 10.5 Å². The Labute approximate surface area is 158 Å². The second kappa shape index (κ2) is 7.36. The molecule has 0 spiro atoms. The van der Waals surface area contributed by atoms with Gasteiger partial charge < -0.3 is 10.6 Å². The van der Waals surface area contributed by atoms with Crippen LogP contribution in [0, 0.1) is 11.6 Å². The summed E-state index contributed by atoms with van der Waals surface area (Å²) in [5.41, 5.74) is 0.893. The van der Waals surface area contributed by atoms with Crippen molar-refractivity contribution in [1.29, 1.82) is 0 Å². The third kappa shape index (κ3) is 3.48. The van der Waals surface area contributed by atoms with Gasteiger partial charge in [-0.15, -0.1) is 0 Å². The van der Waals surface area contributed by atoms with E-state index in [-0.39, 0.29) is 5.69 Å². The number of nitrogens with zero attached hydrogens (tertiary/aromatic N) is 3. The molecule has 2 aromatic carbocycles. The van der Waals surface area contributed by atoms with Gasteiger partial charge in [0, 0.05) is 11.6 Å². The number of amides is 1. The van der Waals surface area contributed by atoms with E-state index in [0.29, 0.717) is 5.82 Å². The van der Waals surface area contributed by atoms with Crippen LogP contribution in [-0.2, 0) is 0 Å². The number of para-hydroxylation sites is 2. The quantitative estimate of drug-likeness (QED) is 0.554. The Kier molecular flexibility index (Phi) is 4.59. The molecule has 0 aliphatic carbocycles. The van der Waals surface area contributed by atoms with Gasteiger partial charge in [0.25, 0.3) is 5.91 Å². The number of fused-ring (bicyclic) bond motifs is 1. The van der Waals surface area contributed by atoms with Gasteiger partial charge in [-0.3, -0.25) is 9.78 Å². The largest absolute Gasteiger partial charge is 0.337 e. The Balaban J connectivity index is 1.53. The number of carbonyl (C=O) groups is 1. The van der Waals surface area contributed by atoms with E-state index in [1.54, 1.807) is 6.20 Å². The molecular weight excluding hydrogens is 364 g/mol. The van der Waals surface area contributed by atoms with Crippen LogP contribution in [0.25, 0.3) is 10.9 Å². The van der Waals surface area contributed by atoms with E-state index in [4.69, 9.17) is 0 Å². The number of benzene rings is 2. The van der Waals surface area contributed by atoms with E-state index in [9.17, 15) is 13.6 Å². The molecule has 2 aromatic heterocycles. The van der Waals surface area contributed by atoms with Crippen molar-refractivity contribution in [2.24, 2.45) is 0 Å². The van der Waals surface area contributed by atoms with E-state index in [1.165, 1.54) is 18.5 Å². The van der Waals surface area contributed by atoms with Crippen molar-refractivity contribution in [2.45, 2.75) is 0 Å². The number of anilines is 3. The second-order valence-corrected chi connectivity index (χ2v) is 5.84. The Bertz CT molecular complexity index is 1140. The Morgan fingerprint density at radius 3 is 2.36 bits per heavy atom. The molecule has 4 rings (SSSR count). The number of aromatic nitrogens is 3. The third-order valence-electron chi connectivity index (χ3n) is 3.98. The summed E-state index contributed by atoms with van der Waals surface area (Å²) in [6.45, 7) is 0. The van der Waals surface area contributed by atoms with Crippen LogP contribution >= 0.6 is 0 Å². The van der Waals surface area contributed by atoms with Crippen molar-refractivity contribution in [3.05, 3.63) is 84.4 Å². The Morgan fingerprint density at radius 2 is 1.61 bits per heavy atom. The molecule has 0 saturated carbocycles. The molecule has 0 bridgehead atoms. The molecule has 0 saturated heterocycles. The van der Waals surface area contributed by atoms with Crippen LogP contribution in [0.3, 0.4) is 0 Å². The van der Waals surface area contributed by atoms with Crippen LogP contribution in [0.2, 0.25) is 0 Å². The number of carbonyl (C=O) groups excluding carboxylic acids is 1.